The van der Waals surface area contributed by atoms with E-state index in [4.69, 9.17) is 4.74 Å². The number of aromatic nitrogens is 1. The number of carbonyl (C=O) groups is 3. The van der Waals surface area contributed by atoms with Gasteiger partial charge in [0.15, 0.2) is 0 Å². The van der Waals surface area contributed by atoms with Crippen LogP contribution in [0.25, 0.3) is 10.9 Å². The predicted molar refractivity (Wildman–Crippen MR) is 96.8 cm³/mol. The number of imide groups is 1. The van der Waals surface area contributed by atoms with Gasteiger partial charge in [0.25, 0.3) is 5.91 Å². The molecule has 140 valence electrons. The first kappa shape index (κ1) is 17.4. The molecule has 2 saturated heterocycles. The van der Waals surface area contributed by atoms with Crippen molar-refractivity contribution in [1.82, 2.24) is 20.5 Å². The van der Waals surface area contributed by atoms with E-state index in [9.17, 15) is 14.4 Å². The SMILES string of the molecule is O=C(CN1C(=O)CNC1=O)N[C@H]1COC[C@H]1Cc1ccnc2ccccc12. The lowest BCUT2D eigenvalue weighted by molar-refractivity contribution is -0.131. The number of fused-ring (bicyclic) bond motifs is 1. The van der Waals surface area contributed by atoms with Crippen LogP contribution < -0.4 is 10.6 Å². The molecule has 0 saturated carbocycles. The topological polar surface area (TPSA) is 101 Å². The van der Waals surface area contributed by atoms with E-state index in [1.54, 1.807) is 6.20 Å². The quantitative estimate of drug-likeness (QED) is 0.747. The van der Waals surface area contributed by atoms with Gasteiger partial charge in [0.1, 0.15) is 6.54 Å². The van der Waals surface area contributed by atoms with Gasteiger partial charge in [0.2, 0.25) is 5.91 Å². The molecule has 0 bridgehead atoms. The zero-order valence-electron chi connectivity index (χ0n) is 14.7. The van der Waals surface area contributed by atoms with Crippen molar-refractivity contribution in [2.45, 2.75) is 12.5 Å². The fourth-order valence-electron chi connectivity index (χ4n) is 3.59. The maximum absolute atomic E-state index is 12.3. The molecular formula is C19H20N4O4. The minimum Gasteiger partial charge on any atom is -0.379 e. The van der Waals surface area contributed by atoms with Crippen LogP contribution in [0.15, 0.2) is 36.5 Å². The van der Waals surface area contributed by atoms with E-state index in [1.165, 1.54) is 0 Å². The lowest BCUT2D eigenvalue weighted by atomic mass is 9.93. The Bertz CT molecular complexity index is 879. The van der Waals surface area contributed by atoms with E-state index in [0.717, 1.165) is 27.8 Å². The Morgan fingerprint density at radius 3 is 2.93 bits per heavy atom. The molecule has 0 radical (unpaired) electrons. The van der Waals surface area contributed by atoms with E-state index in [-0.39, 0.29) is 31.0 Å². The van der Waals surface area contributed by atoms with Gasteiger partial charge < -0.3 is 15.4 Å². The second-order valence-electron chi connectivity index (χ2n) is 6.80. The summed E-state index contributed by atoms with van der Waals surface area (Å²) in [5, 5.41) is 6.41. The van der Waals surface area contributed by atoms with E-state index < -0.39 is 11.9 Å². The number of rotatable bonds is 5. The third-order valence-electron chi connectivity index (χ3n) is 5.00. The Morgan fingerprint density at radius 1 is 1.26 bits per heavy atom. The van der Waals surface area contributed by atoms with E-state index in [1.807, 2.05) is 30.3 Å². The number of pyridine rings is 1. The molecule has 8 heteroatoms. The second kappa shape index (κ2) is 7.32. The standard InChI is InChI=1S/C19H20N4O4/c24-17(9-23-18(25)8-21-19(23)26)22-16-11-27-10-13(16)7-12-5-6-20-15-4-2-1-3-14(12)15/h1-6,13,16H,7-11H2,(H,21,26)(H,22,24)/t13-,16+/m1/s1. The van der Waals surface area contributed by atoms with Crippen LogP contribution in [-0.2, 0) is 20.7 Å². The highest BCUT2D eigenvalue weighted by atomic mass is 16.5. The number of amides is 4. The molecule has 2 aromatic rings. The van der Waals surface area contributed by atoms with Crippen LogP contribution in [0.5, 0.6) is 0 Å². The van der Waals surface area contributed by atoms with Gasteiger partial charge in [0, 0.05) is 17.5 Å². The number of nitrogens with zero attached hydrogens (tertiary/aromatic N) is 2. The summed E-state index contributed by atoms with van der Waals surface area (Å²) in [6.07, 6.45) is 2.54. The molecule has 3 heterocycles. The summed E-state index contributed by atoms with van der Waals surface area (Å²) in [4.78, 5) is 40.8. The second-order valence-corrected chi connectivity index (χ2v) is 6.80. The smallest absolute Gasteiger partial charge is 0.325 e. The van der Waals surface area contributed by atoms with Crippen LogP contribution in [-0.4, -0.2) is 60.1 Å². The first-order chi connectivity index (χ1) is 13.1. The van der Waals surface area contributed by atoms with Gasteiger partial charge in [-0.3, -0.25) is 19.5 Å². The van der Waals surface area contributed by atoms with Crippen molar-refractivity contribution in [2.24, 2.45) is 5.92 Å². The van der Waals surface area contributed by atoms with Crippen LogP contribution in [0.3, 0.4) is 0 Å². The minimum absolute atomic E-state index is 0.0591. The number of nitrogens with one attached hydrogen (secondary N) is 2. The third kappa shape index (κ3) is 3.61. The third-order valence-corrected chi connectivity index (χ3v) is 5.00. The summed E-state index contributed by atoms with van der Waals surface area (Å²) >= 11 is 0. The molecule has 27 heavy (non-hydrogen) atoms. The maximum atomic E-state index is 12.3. The molecule has 1 aromatic heterocycles. The first-order valence-corrected chi connectivity index (χ1v) is 8.90. The van der Waals surface area contributed by atoms with Gasteiger partial charge in [-0.2, -0.15) is 0 Å². The molecule has 0 unspecified atom stereocenters. The molecule has 0 spiro atoms. The highest BCUT2D eigenvalue weighted by molar-refractivity contribution is 6.04. The average Bonchev–Trinajstić information content (AvgIpc) is 3.23. The van der Waals surface area contributed by atoms with Gasteiger partial charge >= 0.3 is 6.03 Å². The molecule has 1 aromatic carbocycles. The van der Waals surface area contributed by atoms with Crippen LogP contribution in [0, 0.1) is 5.92 Å². The Kier molecular flexibility index (Phi) is 4.72. The molecule has 4 amide bonds. The molecule has 4 rings (SSSR count). The van der Waals surface area contributed by atoms with Gasteiger partial charge in [-0.25, -0.2) is 4.79 Å². The summed E-state index contributed by atoms with van der Waals surface area (Å²) in [6, 6.07) is 9.25. The zero-order valence-corrected chi connectivity index (χ0v) is 14.7. The van der Waals surface area contributed by atoms with Crippen LogP contribution in [0.1, 0.15) is 5.56 Å². The van der Waals surface area contributed by atoms with Crippen molar-refractivity contribution >= 4 is 28.7 Å². The molecule has 2 atom stereocenters. The Morgan fingerprint density at radius 2 is 2.11 bits per heavy atom. The van der Waals surface area contributed by atoms with Gasteiger partial charge in [0.05, 0.1) is 31.3 Å². The van der Waals surface area contributed by atoms with Crippen LogP contribution >= 0.6 is 0 Å². The molecule has 2 fully saturated rings. The van der Waals surface area contributed by atoms with Crippen molar-refractivity contribution in [3.8, 4) is 0 Å². The zero-order chi connectivity index (χ0) is 18.8. The normalized spacial score (nSPS) is 22.3. The maximum Gasteiger partial charge on any atom is 0.325 e. The van der Waals surface area contributed by atoms with Crippen molar-refractivity contribution < 1.29 is 19.1 Å². The fourth-order valence-corrected chi connectivity index (χ4v) is 3.59. The largest absolute Gasteiger partial charge is 0.379 e. The summed E-state index contributed by atoms with van der Waals surface area (Å²) in [7, 11) is 0. The van der Waals surface area contributed by atoms with Crippen molar-refractivity contribution in [3.05, 3.63) is 42.1 Å². The number of para-hydroxylation sites is 1. The highest BCUT2D eigenvalue weighted by Crippen LogP contribution is 2.24. The summed E-state index contributed by atoms with van der Waals surface area (Å²) in [5.41, 5.74) is 2.09. The summed E-state index contributed by atoms with van der Waals surface area (Å²) in [6.45, 7) is 0.632. The highest BCUT2D eigenvalue weighted by Gasteiger charge is 2.33. The molecule has 2 N–H and O–H groups in total. The van der Waals surface area contributed by atoms with Gasteiger partial charge in [-0.05, 0) is 24.1 Å². The van der Waals surface area contributed by atoms with Gasteiger partial charge in [-0.15, -0.1) is 0 Å². The Balaban J connectivity index is 1.42. The molecule has 8 nitrogen and oxygen atoms in total. The number of benzene rings is 1. The summed E-state index contributed by atoms with van der Waals surface area (Å²) < 4.78 is 5.58. The number of ether oxygens (including phenoxy) is 1. The van der Waals surface area contributed by atoms with Crippen molar-refractivity contribution in [1.29, 1.82) is 0 Å². The molecule has 2 aliphatic heterocycles. The van der Waals surface area contributed by atoms with E-state index >= 15 is 0 Å². The number of hydrogen-bond donors (Lipinski definition) is 2. The molecule has 2 aliphatic rings. The lowest BCUT2D eigenvalue weighted by Gasteiger charge is -2.21. The lowest BCUT2D eigenvalue weighted by Crippen LogP contribution is -2.47. The molecular weight excluding hydrogens is 348 g/mol. The number of urea groups is 1. The van der Waals surface area contributed by atoms with Crippen molar-refractivity contribution in [2.75, 3.05) is 26.3 Å². The summed E-state index contributed by atoms with van der Waals surface area (Å²) in [5.74, 6) is -0.638. The number of carbonyl (C=O) groups excluding carboxylic acids is 3. The minimum atomic E-state index is -0.530. The van der Waals surface area contributed by atoms with E-state index in [2.05, 4.69) is 15.6 Å². The van der Waals surface area contributed by atoms with E-state index in [0.29, 0.717) is 13.2 Å². The monoisotopic (exact) mass is 368 g/mol. The Hall–Kier alpha value is -3.00. The fraction of sp³-hybridized carbons (Fsp3) is 0.368. The van der Waals surface area contributed by atoms with Gasteiger partial charge in [-0.1, -0.05) is 18.2 Å². The number of hydrogen-bond acceptors (Lipinski definition) is 5. The average molecular weight is 368 g/mol. The van der Waals surface area contributed by atoms with Crippen LogP contribution in [0.4, 0.5) is 4.79 Å². The Labute approximate surface area is 155 Å². The molecule has 0 aliphatic carbocycles. The van der Waals surface area contributed by atoms with Crippen molar-refractivity contribution in [3.63, 3.8) is 0 Å². The first-order valence-electron chi connectivity index (χ1n) is 8.90. The van der Waals surface area contributed by atoms with Crippen LogP contribution in [0.2, 0.25) is 0 Å². The predicted octanol–water partition coefficient (Wildman–Crippen LogP) is 0.460.